The summed E-state index contributed by atoms with van der Waals surface area (Å²) in [6, 6.07) is 0. The van der Waals surface area contributed by atoms with E-state index in [1.54, 1.807) is 11.1 Å². The van der Waals surface area contributed by atoms with E-state index in [1.807, 2.05) is 0 Å². The number of aliphatic hydroxyl groups is 1. The highest BCUT2D eigenvalue weighted by Crippen LogP contribution is 2.63. The van der Waals surface area contributed by atoms with E-state index >= 15 is 0 Å². The molecule has 25 heavy (non-hydrogen) atoms. The molecule has 0 heterocycles. The lowest BCUT2D eigenvalue weighted by Crippen LogP contribution is -2.58. The van der Waals surface area contributed by atoms with Crippen LogP contribution in [0.1, 0.15) is 79.6 Å². The van der Waals surface area contributed by atoms with Crippen molar-refractivity contribution in [2.75, 3.05) is 0 Å². The highest BCUT2D eigenvalue weighted by molar-refractivity contribution is 5.66. The summed E-state index contributed by atoms with van der Waals surface area (Å²) in [5, 5.41) is 11.9. The Balaban J connectivity index is 2.07. The quantitative estimate of drug-likeness (QED) is 0.569. The van der Waals surface area contributed by atoms with Crippen LogP contribution in [0.25, 0.3) is 0 Å². The highest BCUT2D eigenvalue weighted by atomic mass is 16.5. The molecule has 140 valence electrons. The number of fused-ring (bicyclic) bond motifs is 2. The smallest absolute Gasteiger partial charge is 0.302 e. The van der Waals surface area contributed by atoms with E-state index in [4.69, 9.17) is 4.74 Å². The van der Waals surface area contributed by atoms with Gasteiger partial charge < -0.3 is 9.84 Å². The number of rotatable bonds is 2. The summed E-state index contributed by atoms with van der Waals surface area (Å²) in [5.41, 5.74) is 2.68. The first-order valence-corrected chi connectivity index (χ1v) is 9.84. The standard InChI is InChI=1S/C22H34O3/c1-14(2)17-9-11-20(5)13-22(24)15(3)7-8-19(25-16(4)23)21(22,6)12-10-18(17)20/h14,19,24H,3,7-13H2,1-2,4-6H3/t19-,20-,21-,22+/m0/s1. The normalized spacial score (nSPS) is 41.4. The molecule has 0 aliphatic heterocycles. The first-order valence-electron chi connectivity index (χ1n) is 9.84. The number of allylic oxidation sites excluding steroid dienone is 2. The monoisotopic (exact) mass is 346 g/mol. The van der Waals surface area contributed by atoms with E-state index in [1.165, 1.54) is 6.92 Å². The van der Waals surface area contributed by atoms with Gasteiger partial charge in [0.15, 0.2) is 0 Å². The molecule has 0 spiro atoms. The predicted molar refractivity (Wildman–Crippen MR) is 100 cm³/mol. The molecule has 0 radical (unpaired) electrons. The summed E-state index contributed by atoms with van der Waals surface area (Å²) in [6.45, 7) is 14.7. The van der Waals surface area contributed by atoms with Gasteiger partial charge in [-0.2, -0.15) is 0 Å². The van der Waals surface area contributed by atoms with E-state index < -0.39 is 11.0 Å². The van der Waals surface area contributed by atoms with Crippen molar-refractivity contribution in [2.45, 2.75) is 91.3 Å². The largest absolute Gasteiger partial charge is 0.462 e. The fourth-order valence-electron chi connectivity index (χ4n) is 5.93. The van der Waals surface area contributed by atoms with Crippen molar-refractivity contribution in [3.8, 4) is 0 Å². The Hall–Kier alpha value is -1.09. The Morgan fingerprint density at radius 1 is 1.24 bits per heavy atom. The zero-order valence-electron chi connectivity index (χ0n) is 16.6. The topological polar surface area (TPSA) is 46.5 Å². The average Bonchev–Trinajstić information content (AvgIpc) is 2.78. The molecule has 3 aliphatic rings. The summed E-state index contributed by atoms with van der Waals surface area (Å²) < 4.78 is 5.71. The second kappa shape index (κ2) is 5.97. The molecule has 0 aromatic rings. The van der Waals surface area contributed by atoms with Gasteiger partial charge >= 0.3 is 5.97 Å². The molecule has 0 amide bonds. The summed E-state index contributed by atoms with van der Waals surface area (Å²) >= 11 is 0. The maximum atomic E-state index is 11.9. The minimum Gasteiger partial charge on any atom is -0.462 e. The van der Waals surface area contributed by atoms with Gasteiger partial charge in [0.05, 0.1) is 5.60 Å². The van der Waals surface area contributed by atoms with Crippen molar-refractivity contribution >= 4 is 5.97 Å². The van der Waals surface area contributed by atoms with Gasteiger partial charge in [-0.3, -0.25) is 4.79 Å². The van der Waals surface area contributed by atoms with Crippen LogP contribution in [0.4, 0.5) is 0 Å². The SMILES string of the molecule is C=C1CC[C@H](OC(C)=O)[C@]2(C)CCC3=C(C(C)C)CC[C@@]3(C)C[C@@]12O. The van der Waals surface area contributed by atoms with E-state index in [9.17, 15) is 9.90 Å². The van der Waals surface area contributed by atoms with Gasteiger partial charge in [-0.1, -0.05) is 45.4 Å². The second-order valence-corrected chi connectivity index (χ2v) is 9.41. The molecular weight excluding hydrogens is 312 g/mol. The molecule has 2 saturated carbocycles. The maximum Gasteiger partial charge on any atom is 0.302 e. The lowest BCUT2D eigenvalue weighted by molar-refractivity contribution is -0.180. The van der Waals surface area contributed by atoms with E-state index in [-0.39, 0.29) is 17.5 Å². The molecule has 3 aliphatic carbocycles. The summed E-state index contributed by atoms with van der Waals surface area (Å²) in [4.78, 5) is 11.7. The summed E-state index contributed by atoms with van der Waals surface area (Å²) in [5.74, 6) is 0.311. The fraction of sp³-hybridized carbons (Fsp3) is 0.773. The molecule has 3 nitrogen and oxygen atoms in total. The van der Waals surface area contributed by atoms with Gasteiger partial charge in [-0.05, 0) is 61.9 Å². The molecule has 4 atom stereocenters. The fourth-order valence-corrected chi connectivity index (χ4v) is 5.93. The molecule has 3 rings (SSSR count). The minimum atomic E-state index is -0.964. The molecule has 0 bridgehead atoms. The number of hydrogen-bond acceptors (Lipinski definition) is 3. The highest BCUT2D eigenvalue weighted by Gasteiger charge is 2.61. The van der Waals surface area contributed by atoms with Crippen molar-refractivity contribution in [1.82, 2.24) is 0 Å². The molecule has 0 aromatic heterocycles. The van der Waals surface area contributed by atoms with E-state index in [2.05, 4.69) is 34.3 Å². The van der Waals surface area contributed by atoms with Crippen LogP contribution in [0.15, 0.2) is 23.3 Å². The summed E-state index contributed by atoms with van der Waals surface area (Å²) in [7, 11) is 0. The predicted octanol–water partition coefficient (Wildman–Crippen LogP) is 4.94. The Morgan fingerprint density at radius 2 is 1.92 bits per heavy atom. The van der Waals surface area contributed by atoms with Crippen LogP contribution in [0.3, 0.4) is 0 Å². The van der Waals surface area contributed by atoms with Gasteiger partial charge in [0, 0.05) is 12.3 Å². The Bertz CT molecular complexity index is 631. The molecule has 0 unspecified atom stereocenters. The number of ether oxygens (including phenoxy) is 1. The molecule has 3 heteroatoms. The Labute approximate surface area is 152 Å². The van der Waals surface area contributed by atoms with Gasteiger partial charge in [0.2, 0.25) is 0 Å². The third-order valence-electron chi connectivity index (χ3n) is 7.56. The van der Waals surface area contributed by atoms with Crippen molar-refractivity contribution in [3.63, 3.8) is 0 Å². The zero-order valence-corrected chi connectivity index (χ0v) is 16.6. The van der Waals surface area contributed by atoms with E-state index in [0.29, 0.717) is 12.3 Å². The third kappa shape index (κ3) is 2.70. The Kier molecular flexibility index (Phi) is 4.47. The molecular formula is C22H34O3. The minimum absolute atomic E-state index is 0.0349. The van der Waals surface area contributed by atoms with Crippen LogP contribution in [-0.2, 0) is 9.53 Å². The van der Waals surface area contributed by atoms with Crippen molar-refractivity contribution < 1.29 is 14.6 Å². The van der Waals surface area contributed by atoms with Gasteiger partial charge in [0.1, 0.15) is 6.10 Å². The van der Waals surface area contributed by atoms with Gasteiger partial charge in [-0.25, -0.2) is 0 Å². The first-order chi connectivity index (χ1) is 11.5. The average molecular weight is 347 g/mol. The second-order valence-electron chi connectivity index (χ2n) is 9.41. The molecule has 2 fully saturated rings. The molecule has 0 aromatic carbocycles. The zero-order chi connectivity index (χ0) is 18.6. The number of esters is 1. The van der Waals surface area contributed by atoms with Crippen LogP contribution in [0.2, 0.25) is 0 Å². The van der Waals surface area contributed by atoms with Crippen molar-refractivity contribution in [2.24, 2.45) is 16.7 Å². The first kappa shape index (κ1) is 18.7. The van der Waals surface area contributed by atoms with Gasteiger partial charge in [0.25, 0.3) is 0 Å². The summed E-state index contributed by atoms with van der Waals surface area (Å²) in [6.07, 6.45) is 6.08. The van der Waals surface area contributed by atoms with Crippen molar-refractivity contribution in [1.29, 1.82) is 0 Å². The van der Waals surface area contributed by atoms with Crippen LogP contribution < -0.4 is 0 Å². The van der Waals surface area contributed by atoms with Gasteiger partial charge in [-0.15, -0.1) is 0 Å². The lowest BCUT2D eigenvalue weighted by atomic mass is 9.56. The lowest BCUT2D eigenvalue weighted by Gasteiger charge is -2.54. The third-order valence-corrected chi connectivity index (χ3v) is 7.56. The number of carbonyl (C=O) groups is 1. The maximum absolute atomic E-state index is 11.9. The molecule has 1 N–H and O–H groups in total. The molecule has 0 saturated heterocycles. The Morgan fingerprint density at radius 3 is 2.52 bits per heavy atom. The van der Waals surface area contributed by atoms with Crippen molar-refractivity contribution in [3.05, 3.63) is 23.3 Å². The van der Waals surface area contributed by atoms with Crippen LogP contribution in [-0.4, -0.2) is 22.8 Å². The van der Waals surface area contributed by atoms with Crippen LogP contribution >= 0.6 is 0 Å². The number of carbonyl (C=O) groups excluding carboxylic acids is 1. The van der Waals surface area contributed by atoms with Crippen LogP contribution in [0.5, 0.6) is 0 Å². The van der Waals surface area contributed by atoms with Crippen LogP contribution in [0, 0.1) is 16.7 Å². The van der Waals surface area contributed by atoms with E-state index in [0.717, 1.165) is 44.1 Å². The number of hydrogen-bond donors (Lipinski definition) is 1.